The lowest BCUT2D eigenvalue weighted by Gasteiger charge is -2.22. The number of hydrogen-bond acceptors (Lipinski definition) is 4. The molecule has 0 aromatic heterocycles. The summed E-state index contributed by atoms with van der Waals surface area (Å²) in [6.07, 6.45) is 0. The zero-order valence-electron chi connectivity index (χ0n) is 12.3. The fourth-order valence-electron chi connectivity index (χ4n) is 2.21. The molecule has 0 radical (unpaired) electrons. The quantitative estimate of drug-likeness (QED) is 0.894. The molecule has 0 spiro atoms. The highest BCUT2D eigenvalue weighted by Crippen LogP contribution is 2.25. The molecule has 1 aliphatic heterocycles. The molecule has 1 unspecified atom stereocenters. The van der Waals surface area contributed by atoms with Crippen molar-refractivity contribution in [2.75, 3.05) is 35.9 Å². The summed E-state index contributed by atoms with van der Waals surface area (Å²) in [6.45, 7) is 2.00. The summed E-state index contributed by atoms with van der Waals surface area (Å²) in [5.41, 5.74) is 2.78. The number of hydrogen-bond donors (Lipinski definition) is 2. The summed E-state index contributed by atoms with van der Waals surface area (Å²) < 4.78 is 0. The van der Waals surface area contributed by atoms with E-state index >= 15 is 0 Å². The number of carboxylic acids is 1. The van der Waals surface area contributed by atoms with Crippen LogP contribution in [0.3, 0.4) is 0 Å². The third kappa shape index (κ3) is 3.41. The van der Waals surface area contributed by atoms with Crippen LogP contribution < -0.4 is 10.2 Å². The van der Waals surface area contributed by atoms with Crippen molar-refractivity contribution in [3.63, 3.8) is 0 Å². The molecule has 2 rings (SSSR count). The second-order valence-electron chi connectivity index (χ2n) is 5.15. The number of urea groups is 1. The van der Waals surface area contributed by atoms with Crippen molar-refractivity contribution in [2.24, 2.45) is 0 Å². The van der Waals surface area contributed by atoms with Crippen LogP contribution in [0.1, 0.15) is 5.56 Å². The minimum absolute atomic E-state index is 0.374. The van der Waals surface area contributed by atoms with Gasteiger partial charge in [-0.05, 0) is 24.6 Å². The van der Waals surface area contributed by atoms with E-state index in [9.17, 15) is 9.59 Å². The number of nitrogens with zero attached hydrogens (tertiary/aromatic N) is 2. The van der Waals surface area contributed by atoms with Gasteiger partial charge in [-0.3, -0.25) is 0 Å². The Morgan fingerprint density at radius 3 is 2.76 bits per heavy atom. The second-order valence-corrected chi connectivity index (χ2v) is 6.15. The molecule has 2 N–H and O–H groups in total. The van der Waals surface area contributed by atoms with Gasteiger partial charge in [0.15, 0.2) is 0 Å². The molecule has 1 heterocycles. The molecule has 1 fully saturated rings. The first-order valence-electron chi connectivity index (χ1n) is 6.56. The predicted molar refractivity (Wildman–Crippen MR) is 85.1 cm³/mol. The average Bonchev–Trinajstić information content (AvgIpc) is 2.90. The van der Waals surface area contributed by atoms with Gasteiger partial charge in [-0.1, -0.05) is 6.07 Å². The number of carbonyl (C=O) groups is 2. The maximum atomic E-state index is 12.2. The Morgan fingerprint density at radius 1 is 1.43 bits per heavy atom. The van der Waals surface area contributed by atoms with Gasteiger partial charge < -0.3 is 20.2 Å². The first kappa shape index (κ1) is 15.5. The van der Waals surface area contributed by atoms with E-state index in [0.29, 0.717) is 17.3 Å². The molecule has 1 atom stereocenters. The van der Waals surface area contributed by atoms with Crippen LogP contribution in [0.2, 0.25) is 0 Å². The third-order valence-electron chi connectivity index (χ3n) is 3.37. The van der Waals surface area contributed by atoms with Crippen molar-refractivity contribution in [2.45, 2.75) is 13.0 Å². The van der Waals surface area contributed by atoms with Gasteiger partial charge in [0.1, 0.15) is 6.04 Å². The van der Waals surface area contributed by atoms with Crippen LogP contribution in [0, 0.1) is 6.92 Å². The van der Waals surface area contributed by atoms with Crippen LogP contribution in [0.15, 0.2) is 18.2 Å². The first-order valence-corrected chi connectivity index (χ1v) is 7.71. The third-order valence-corrected chi connectivity index (χ3v) is 4.38. The molecule has 6 nitrogen and oxygen atoms in total. The van der Waals surface area contributed by atoms with Gasteiger partial charge in [0.2, 0.25) is 0 Å². The summed E-state index contributed by atoms with van der Waals surface area (Å²) in [5, 5.41) is 11.9. The number of anilines is 2. The van der Waals surface area contributed by atoms with Crippen molar-refractivity contribution in [1.82, 2.24) is 4.90 Å². The monoisotopic (exact) mass is 309 g/mol. The van der Waals surface area contributed by atoms with Crippen molar-refractivity contribution in [3.05, 3.63) is 23.8 Å². The highest BCUT2D eigenvalue weighted by atomic mass is 32.2. The molecule has 7 heteroatoms. The summed E-state index contributed by atoms with van der Waals surface area (Å²) in [7, 11) is 3.87. The van der Waals surface area contributed by atoms with Crippen molar-refractivity contribution in [1.29, 1.82) is 0 Å². The molecule has 0 aliphatic carbocycles. The van der Waals surface area contributed by atoms with Crippen LogP contribution in [-0.4, -0.2) is 53.8 Å². The van der Waals surface area contributed by atoms with Crippen LogP contribution in [-0.2, 0) is 4.79 Å². The van der Waals surface area contributed by atoms with E-state index in [-0.39, 0.29) is 6.03 Å². The summed E-state index contributed by atoms with van der Waals surface area (Å²) in [4.78, 5) is 26.7. The molecule has 1 aliphatic rings. The lowest BCUT2D eigenvalue weighted by atomic mass is 10.1. The number of thioether (sulfide) groups is 1. The molecule has 1 aromatic rings. The normalized spacial score (nSPS) is 17.7. The molecule has 0 bridgehead atoms. The van der Waals surface area contributed by atoms with E-state index in [0.717, 1.165) is 11.3 Å². The maximum Gasteiger partial charge on any atom is 0.327 e. The number of carbonyl (C=O) groups excluding carboxylic acids is 1. The lowest BCUT2D eigenvalue weighted by Crippen LogP contribution is -2.43. The molecule has 1 aromatic carbocycles. The van der Waals surface area contributed by atoms with Crippen LogP contribution in [0.25, 0.3) is 0 Å². The SMILES string of the molecule is Cc1ccc(NC(=O)N2CSCC2C(=O)O)cc1N(C)C. The van der Waals surface area contributed by atoms with Gasteiger partial charge in [0, 0.05) is 31.2 Å². The van der Waals surface area contributed by atoms with Gasteiger partial charge in [-0.25, -0.2) is 9.59 Å². The molecule has 2 amide bonds. The fraction of sp³-hybridized carbons (Fsp3) is 0.429. The Kier molecular flexibility index (Phi) is 4.62. The van der Waals surface area contributed by atoms with Gasteiger partial charge in [0.05, 0.1) is 5.88 Å². The summed E-state index contributed by atoms with van der Waals surface area (Å²) in [6, 6.07) is 4.50. The van der Waals surface area contributed by atoms with E-state index in [2.05, 4.69) is 5.32 Å². The molecular formula is C14H19N3O3S. The molecule has 1 saturated heterocycles. The highest BCUT2D eigenvalue weighted by molar-refractivity contribution is 7.99. The van der Waals surface area contributed by atoms with Crippen molar-refractivity contribution < 1.29 is 14.7 Å². The fourth-order valence-corrected chi connectivity index (χ4v) is 3.36. The predicted octanol–water partition coefficient (Wildman–Crippen LogP) is 2.05. The summed E-state index contributed by atoms with van der Waals surface area (Å²) >= 11 is 1.44. The number of benzene rings is 1. The standard InChI is InChI=1S/C14H19N3O3S/c1-9-4-5-10(6-11(9)16(2)3)15-14(20)17-8-21-7-12(17)13(18)19/h4-6,12H,7-8H2,1-3H3,(H,15,20)(H,18,19). The van der Waals surface area contributed by atoms with E-state index in [1.54, 1.807) is 0 Å². The van der Waals surface area contributed by atoms with Crippen LogP contribution >= 0.6 is 11.8 Å². The zero-order chi connectivity index (χ0) is 15.6. The number of aryl methyl sites for hydroxylation is 1. The molecule has 114 valence electrons. The number of nitrogens with one attached hydrogen (secondary N) is 1. The van der Waals surface area contributed by atoms with Gasteiger partial charge in [-0.2, -0.15) is 0 Å². The van der Waals surface area contributed by atoms with Crippen LogP contribution in [0.5, 0.6) is 0 Å². The highest BCUT2D eigenvalue weighted by Gasteiger charge is 2.34. The van der Waals surface area contributed by atoms with E-state index in [1.165, 1.54) is 16.7 Å². The smallest absolute Gasteiger partial charge is 0.327 e. The van der Waals surface area contributed by atoms with Gasteiger partial charge in [-0.15, -0.1) is 11.8 Å². The summed E-state index contributed by atoms with van der Waals surface area (Å²) in [5.74, 6) is -0.137. The molecule has 0 saturated carbocycles. The number of aliphatic carboxylic acids is 1. The Balaban J connectivity index is 2.13. The van der Waals surface area contributed by atoms with Crippen LogP contribution in [0.4, 0.5) is 16.2 Å². The zero-order valence-corrected chi connectivity index (χ0v) is 13.1. The molecule has 21 heavy (non-hydrogen) atoms. The first-order chi connectivity index (χ1) is 9.90. The largest absolute Gasteiger partial charge is 0.480 e. The van der Waals surface area contributed by atoms with Gasteiger partial charge in [0.25, 0.3) is 0 Å². The Labute approximate surface area is 128 Å². The Bertz CT molecular complexity index is 562. The number of amides is 2. The topological polar surface area (TPSA) is 72.9 Å². The lowest BCUT2D eigenvalue weighted by molar-refractivity contribution is -0.140. The average molecular weight is 309 g/mol. The number of rotatable bonds is 3. The van der Waals surface area contributed by atoms with E-state index in [4.69, 9.17) is 5.11 Å². The van der Waals surface area contributed by atoms with Crippen molar-refractivity contribution in [3.8, 4) is 0 Å². The minimum Gasteiger partial charge on any atom is -0.480 e. The molecular weight excluding hydrogens is 290 g/mol. The Morgan fingerprint density at radius 2 is 2.14 bits per heavy atom. The van der Waals surface area contributed by atoms with E-state index in [1.807, 2.05) is 44.1 Å². The minimum atomic E-state index is -0.965. The van der Waals surface area contributed by atoms with E-state index < -0.39 is 12.0 Å². The van der Waals surface area contributed by atoms with Gasteiger partial charge >= 0.3 is 12.0 Å². The van der Waals surface area contributed by atoms with Crippen molar-refractivity contribution >= 4 is 35.1 Å². The maximum absolute atomic E-state index is 12.2. The Hall–Kier alpha value is -1.89. The second kappa shape index (κ2) is 6.26. The number of carboxylic acid groups (broad SMARTS) is 1.